The summed E-state index contributed by atoms with van der Waals surface area (Å²) in [6, 6.07) is 7.42. The fourth-order valence-electron chi connectivity index (χ4n) is 3.12. The molecule has 2 N–H and O–H groups in total. The maximum absolute atomic E-state index is 12.5. The molecule has 28 heavy (non-hydrogen) atoms. The van der Waals surface area contributed by atoms with Crippen molar-refractivity contribution in [3.05, 3.63) is 29.8 Å². The molecule has 1 aliphatic carbocycles. The smallest absolute Gasteiger partial charge is 0.243 e. The van der Waals surface area contributed by atoms with Crippen molar-refractivity contribution in [3.8, 4) is 6.07 Å². The normalized spacial score (nSPS) is 15.0. The van der Waals surface area contributed by atoms with E-state index in [0.29, 0.717) is 12.1 Å². The number of sulfonamides is 1. The number of carbonyl (C=O) groups excluding carboxylic acids is 2. The van der Waals surface area contributed by atoms with Gasteiger partial charge in [-0.25, -0.2) is 8.42 Å². The lowest BCUT2D eigenvalue weighted by molar-refractivity contribution is -0.126. The fraction of sp³-hybridized carbons (Fsp3) is 0.526. The zero-order valence-electron chi connectivity index (χ0n) is 16.0. The first-order valence-corrected chi connectivity index (χ1v) is 10.8. The Morgan fingerprint density at radius 2 is 1.71 bits per heavy atom. The predicted octanol–water partition coefficient (Wildman–Crippen LogP) is 0.991. The average Bonchev–Trinajstić information content (AvgIpc) is 2.71. The van der Waals surface area contributed by atoms with E-state index in [1.54, 1.807) is 0 Å². The van der Waals surface area contributed by atoms with Gasteiger partial charge in [0.1, 0.15) is 0 Å². The molecule has 1 fully saturated rings. The van der Waals surface area contributed by atoms with E-state index in [9.17, 15) is 18.0 Å². The van der Waals surface area contributed by atoms with Crippen LogP contribution >= 0.6 is 0 Å². The van der Waals surface area contributed by atoms with Crippen LogP contribution < -0.4 is 10.6 Å². The molecule has 2 rings (SSSR count). The summed E-state index contributed by atoms with van der Waals surface area (Å²) in [6.45, 7) is 0.216. The third-order valence-electron chi connectivity index (χ3n) is 4.78. The summed E-state index contributed by atoms with van der Waals surface area (Å²) in [5.41, 5.74) is 0.356. The van der Waals surface area contributed by atoms with E-state index < -0.39 is 15.9 Å². The van der Waals surface area contributed by atoms with Gasteiger partial charge in [0.15, 0.2) is 0 Å². The quantitative estimate of drug-likeness (QED) is 0.624. The molecule has 0 heterocycles. The zero-order chi connectivity index (χ0) is 20.6. The molecule has 0 saturated heterocycles. The van der Waals surface area contributed by atoms with Crippen LogP contribution in [0.15, 0.2) is 29.2 Å². The van der Waals surface area contributed by atoms with Crippen LogP contribution in [0.1, 0.15) is 37.7 Å². The van der Waals surface area contributed by atoms with Crippen molar-refractivity contribution in [2.45, 2.75) is 37.0 Å². The molecule has 0 aromatic heterocycles. The molecular formula is C19H26N4O4S. The van der Waals surface area contributed by atoms with Crippen LogP contribution in [0.2, 0.25) is 0 Å². The molecule has 1 aromatic carbocycles. The van der Waals surface area contributed by atoms with Crippen LogP contribution in [0.5, 0.6) is 0 Å². The average molecular weight is 407 g/mol. The lowest BCUT2D eigenvalue weighted by Gasteiger charge is -2.21. The second kappa shape index (κ2) is 10.2. The molecule has 0 aliphatic heterocycles. The van der Waals surface area contributed by atoms with Crippen molar-refractivity contribution in [2.24, 2.45) is 5.92 Å². The first kappa shape index (κ1) is 21.9. The van der Waals surface area contributed by atoms with Gasteiger partial charge < -0.3 is 10.6 Å². The van der Waals surface area contributed by atoms with Gasteiger partial charge in [-0.2, -0.15) is 9.57 Å². The summed E-state index contributed by atoms with van der Waals surface area (Å²) >= 11 is 0. The van der Waals surface area contributed by atoms with E-state index in [4.69, 9.17) is 5.26 Å². The topological polar surface area (TPSA) is 119 Å². The molecule has 0 atom stereocenters. The lowest BCUT2D eigenvalue weighted by Crippen LogP contribution is -2.42. The van der Waals surface area contributed by atoms with Crippen LogP contribution in [-0.2, 0) is 19.6 Å². The number of nitriles is 1. The minimum atomic E-state index is -3.82. The molecular weight excluding hydrogens is 380 g/mol. The maximum atomic E-state index is 12.5. The third kappa shape index (κ3) is 6.04. The summed E-state index contributed by atoms with van der Waals surface area (Å²) < 4.78 is 25.9. The van der Waals surface area contributed by atoms with Crippen LogP contribution in [0, 0.1) is 17.2 Å². The lowest BCUT2D eigenvalue weighted by atomic mass is 9.89. The van der Waals surface area contributed by atoms with Crippen molar-refractivity contribution in [1.29, 1.82) is 5.26 Å². The van der Waals surface area contributed by atoms with Gasteiger partial charge in [0.2, 0.25) is 21.8 Å². The third-order valence-corrected chi connectivity index (χ3v) is 6.60. The van der Waals surface area contributed by atoms with E-state index in [1.807, 2.05) is 6.07 Å². The fourth-order valence-corrected chi connectivity index (χ4v) is 4.25. The SMILES string of the molecule is CN(CC(=O)NCCNC(=O)C1CCCCC1)S(=O)(=O)c1ccc(C#N)cc1. The second-order valence-electron chi connectivity index (χ2n) is 6.87. The summed E-state index contributed by atoms with van der Waals surface area (Å²) in [4.78, 5) is 24.0. The Hall–Kier alpha value is -2.44. The van der Waals surface area contributed by atoms with E-state index in [1.165, 1.54) is 37.7 Å². The Morgan fingerprint density at radius 3 is 2.32 bits per heavy atom. The minimum Gasteiger partial charge on any atom is -0.354 e. The number of nitrogens with one attached hydrogen (secondary N) is 2. The van der Waals surface area contributed by atoms with Gasteiger partial charge in [-0.1, -0.05) is 19.3 Å². The van der Waals surface area contributed by atoms with E-state index in [0.717, 1.165) is 30.0 Å². The van der Waals surface area contributed by atoms with Crippen LogP contribution in [0.25, 0.3) is 0 Å². The number of hydrogen-bond acceptors (Lipinski definition) is 5. The van der Waals surface area contributed by atoms with Gasteiger partial charge in [-0.3, -0.25) is 9.59 Å². The van der Waals surface area contributed by atoms with Crippen LogP contribution in [0.4, 0.5) is 0 Å². The summed E-state index contributed by atoms with van der Waals surface area (Å²) in [7, 11) is -2.51. The van der Waals surface area contributed by atoms with E-state index >= 15 is 0 Å². The zero-order valence-corrected chi connectivity index (χ0v) is 16.8. The van der Waals surface area contributed by atoms with Gasteiger partial charge >= 0.3 is 0 Å². The van der Waals surface area contributed by atoms with Gasteiger partial charge in [-0.05, 0) is 37.1 Å². The Balaban J connectivity index is 1.75. The second-order valence-corrected chi connectivity index (χ2v) is 8.92. The molecule has 152 valence electrons. The van der Waals surface area contributed by atoms with Crippen molar-refractivity contribution < 1.29 is 18.0 Å². The molecule has 8 nitrogen and oxygen atoms in total. The van der Waals surface area contributed by atoms with Gasteiger partial charge in [0.05, 0.1) is 23.1 Å². The molecule has 0 radical (unpaired) electrons. The van der Waals surface area contributed by atoms with Gasteiger partial charge in [0.25, 0.3) is 0 Å². The molecule has 1 aromatic rings. The number of carbonyl (C=O) groups is 2. The van der Waals surface area contributed by atoms with E-state index in [-0.39, 0.29) is 29.8 Å². The highest BCUT2D eigenvalue weighted by Gasteiger charge is 2.23. The molecule has 9 heteroatoms. The highest BCUT2D eigenvalue weighted by molar-refractivity contribution is 7.89. The van der Waals surface area contributed by atoms with Crippen LogP contribution in [0.3, 0.4) is 0 Å². The number of amides is 2. The molecule has 0 bridgehead atoms. The highest BCUT2D eigenvalue weighted by Crippen LogP contribution is 2.23. The molecule has 0 spiro atoms. The Kier molecular flexibility index (Phi) is 7.96. The van der Waals surface area contributed by atoms with Crippen LogP contribution in [-0.4, -0.2) is 51.2 Å². The Bertz CT molecular complexity index is 824. The van der Waals surface area contributed by atoms with Crippen molar-refractivity contribution in [2.75, 3.05) is 26.7 Å². The Morgan fingerprint density at radius 1 is 1.11 bits per heavy atom. The molecule has 1 saturated carbocycles. The predicted molar refractivity (Wildman–Crippen MR) is 104 cm³/mol. The summed E-state index contributed by atoms with van der Waals surface area (Å²) in [6.07, 6.45) is 5.16. The van der Waals surface area contributed by atoms with Crippen molar-refractivity contribution in [1.82, 2.24) is 14.9 Å². The monoisotopic (exact) mass is 406 g/mol. The summed E-state index contributed by atoms with van der Waals surface area (Å²) in [5, 5.41) is 14.2. The molecule has 1 aliphatic rings. The first-order valence-electron chi connectivity index (χ1n) is 9.35. The molecule has 2 amide bonds. The maximum Gasteiger partial charge on any atom is 0.243 e. The summed E-state index contributed by atoms with van der Waals surface area (Å²) in [5.74, 6) is -0.366. The number of benzene rings is 1. The van der Waals surface area contributed by atoms with Gasteiger partial charge in [-0.15, -0.1) is 0 Å². The van der Waals surface area contributed by atoms with E-state index in [2.05, 4.69) is 10.6 Å². The van der Waals surface area contributed by atoms with Crippen molar-refractivity contribution in [3.63, 3.8) is 0 Å². The highest BCUT2D eigenvalue weighted by atomic mass is 32.2. The Labute approximate surface area is 166 Å². The largest absolute Gasteiger partial charge is 0.354 e. The number of rotatable bonds is 8. The van der Waals surface area contributed by atoms with Gasteiger partial charge in [0, 0.05) is 26.1 Å². The molecule has 0 unspecified atom stereocenters. The minimum absolute atomic E-state index is 0.0153. The standard InChI is InChI=1S/C19H26N4O4S/c1-23(28(26,27)17-9-7-15(13-20)8-10-17)14-18(24)21-11-12-22-19(25)16-5-3-2-4-6-16/h7-10,16H,2-6,11-12,14H2,1H3,(H,21,24)(H,22,25). The number of likely N-dealkylation sites (N-methyl/N-ethyl adjacent to an activating group) is 1. The first-order chi connectivity index (χ1) is 13.3. The number of hydrogen-bond donors (Lipinski definition) is 2. The van der Waals surface area contributed by atoms with Crippen molar-refractivity contribution >= 4 is 21.8 Å². The number of nitrogens with zero attached hydrogens (tertiary/aromatic N) is 2.